The highest BCUT2D eigenvalue weighted by molar-refractivity contribution is 6.29. The topological polar surface area (TPSA) is 42.4 Å². The van der Waals surface area contributed by atoms with Gasteiger partial charge in [-0.2, -0.15) is 0 Å². The van der Waals surface area contributed by atoms with Gasteiger partial charge in [-0.3, -0.25) is 4.79 Å². The number of nitrogens with zero attached hydrogens (tertiary/aromatic N) is 2. The van der Waals surface area contributed by atoms with Crippen molar-refractivity contribution in [2.45, 2.75) is 19.4 Å². The minimum atomic E-state index is 0.00412. The van der Waals surface area contributed by atoms with Crippen molar-refractivity contribution in [3.8, 4) is 0 Å². The molecule has 0 aliphatic carbocycles. The quantitative estimate of drug-likeness (QED) is 0.758. The van der Waals surface area contributed by atoms with Gasteiger partial charge in [-0.1, -0.05) is 18.5 Å². The lowest BCUT2D eigenvalue weighted by atomic mass is 10.1. The van der Waals surface area contributed by atoms with Gasteiger partial charge in [0, 0.05) is 18.3 Å². The maximum absolute atomic E-state index is 12.3. The van der Waals surface area contributed by atoms with Crippen molar-refractivity contribution in [2.75, 3.05) is 19.8 Å². The van der Waals surface area contributed by atoms with Gasteiger partial charge < -0.3 is 9.64 Å². The molecule has 92 valence electrons. The first-order valence-corrected chi connectivity index (χ1v) is 6.10. The normalized spacial score (nSPS) is 20.4. The Morgan fingerprint density at radius 3 is 3.24 bits per heavy atom. The molecule has 1 unspecified atom stereocenters. The summed E-state index contributed by atoms with van der Waals surface area (Å²) in [5.41, 5.74) is 0.588. The van der Waals surface area contributed by atoms with Gasteiger partial charge in [-0.25, -0.2) is 4.98 Å². The van der Waals surface area contributed by atoms with Crippen molar-refractivity contribution >= 4 is 17.5 Å². The number of amides is 1. The van der Waals surface area contributed by atoms with Crippen molar-refractivity contribution in [3.05, 3.63) is 29.0 Å². The predicted molar refractivity (Wildman–Crippen MR) is 65.2 cm³/mol. The number of morpholine rings is 1. The number of aromatic nitrogens is 1. The van der Waals surface area contributed by atoms with Crippen molar-refractivity contribution < 1.29 is 9.53 Å². The molecule has 1 atom stereocenters. The number of carbonyl (C=O) groups excluding carboxylic acids is 1. The number of ether oxygens (including phenoxy) is 1. The highest BCUT2D eigenvalue weighted by Crippen LogP contribution is 2.16. The van der Waals surface area contributed by atoms with E-state index in [1.54, 1.807) is 18.3 Å². The van der Waals surface area contributed by atoms with Crippen LogP contribution in [0, 0.1) is 0 Å². The second-order valence-corrected chi connectivity index (χ2v) is 4.39. The van der Waals surface area contributed by atoms with Crippen molar-refractivity contribution in [1.82, 2.24) is 9.88 Å². The molecule has 0 spiro atoms. The molecule has 0 bridgehead atoms. The van der Waals surface area contributed by atoms with Crippen LogP contribution in [0.5, 0.6) is 0 Å². The predicted octanol–water partition coefficient (Wildman–Crippen LogP) is 1.99. The van der Waals surface area contributed by atoms with Gasteiger partial charge in [0.05, 0.1) is 19.3 Å². The Morgan fingerprint density at radius 2 is 2.53 bits per heavy atom. The largest absolute Gasteiger partial charge is 0.377 e. The number of hydrogen-bond acceptors (Lipinski definition) is 3. The Hall–Kier alpha value is -1.13. The molecule has 17 heavy (non-hydrogen) atoms. The highest BCUT2D eigenvalue weighted by Gasteiger charge is 2.26. The third-order valence-corrected chi connectivity index (χ3v) is 3.14. The van der Waals surface area contributed by atoms with E-state index in [1.807, 2.05) is 4.90 Å². The van der Waals surface area contributed by atoms with E-state index in [4.69, 9.17) is 16.3 Å². The summed E-state index contributed by atoms with van der Waals surface area (Å²) >= 11 is 5.79. The summed E-state index contributed by atoms with van der Waals surface area (Å²) in [6.45, 7) is 3.90. The fourth-order valence-corrected chi connectivity index (χ4v) is 2.14. The molecule has 2 rings (SSSR count). The number of rotatable bonds is 2. The summed E-state index contributed by atoms with van der Waals surface area (Å²) < 4.78 is 5.38. The van der Waals surface area contributed by atoms with E-state index in [0.29, 0.717) is 30.5 Å². The van der Waals surface area contributed by atoms with Crippen LogP contribution in [0.15, 0.2) is 18.3 Å². The van der Waals surface area contributed by atoms with E-state index in [2.05, 4.69) is 11.9 Å². The maximum atomic E-state index is 12.3. The van der Waals surface area contributed by atoms with Gasteiger partial charge >= 0.3 is 0 Å². The summed E-state index contributed by atoms with van der Waals surface area (Å²) in [5.74, 6) is 0.00412. The molecule has 0 saturated carbocycles. The Balaban J connectivity index is 2.18. The monoisotopic (exact) mass is 254 g/mol. The molecule has 1 saturated heterocycles. The molecule has 1 aromatic heterocycles. The van der Waals surface area contributed by atoms with Crippen LogP contribution in [0.4, 0.5) is 0 Å². The second kappa shape index (κ2) is 5.47. The molecular weight excluding hydrogens is 240 g/mol. The zero-order valence-corrected chi connectivity index (χ0v) is 10.5. The van der Waals surface area contributed by atoms with Gasteiger partial charge in [0.1, 0.15) is 5.15 Å². The van der Waals surface area contributed by atoms with Gasteiger partial charge in [-0.05, 0) is 18.6 Å². The van der Waals surface area contributed by atoms with Gasteiger partial charge in [0.25, 0.3) is 5.91 Å². The summed E-state index contributed by atoms with van der Waals surface area (Å²) in [5, 5.41) is 0.345. The SMILES string of the molecule is CCC1COCCN1C(=O)c1ccnc(Cl)c1. The zero-order valence-electron chi connectivity index (χ0n) is 9.73. The fraction of sp³-hybridized carbons (Fsp3) is 0.500. The summed E-state index contributed by atoms with van der Waals surface area (Å²) in [6.07, 6.45) is 2.45. The molecule has 1 aromatic rings. The Kier molecular flexibility index (Phi) is 3.97. The number of hydrogen-bond donors (Lipinski definition) is 0. The van der Waals surface area contributed by atoms with E-state index in [0.717, 1.165) is 6.42 Å². The maximum Gasteiger partial charge on any atom is 0.254 e. The molecule has 1 aliphatic heterocycles. The van der Waals surface area contributed by atoms with Crippen LogP contribution in [0.1, 0.15) is 23.7 Å². The molecule has 0 aromatic carbocycles. The van der Waals surface area contributed by atoms with Gasteiger partial charge in [-0.15, -0.1) is 0 Å². The smallest absolute Gasteiger partial charge is 0.254 e. The second-order valence-electron chi connectivity index (χ2n) is 4.00. The molecule has 0 N–H and O–H groups in total. The third kappa shape index (κ3) is 2.76. The van der Waals surface area contributed by atoms with Crippen molar-refractivity contribution in [3.63, 3.8) is 0 Å². The summed E-state index contributed by atoms with van der Waals surface area (Å²) in [7, 11) is 0. The molecular formula is C12H15ClN2O2. The molecule has 4 nitrogen and oxygen atoms in total. The fourth-order valence-electron chi connectivity index (χ4n) is 1.96. The Morgan fingerprint density at radius 1 is 1.71 bits per heavy atom. The molecule has 5 heteroatoms. The van der Waals surface area contributed by atoms with Crippen molar-refractivity contribution in [1.29, 1.82) is 0 Å². The van der Waals surface area contributed by atoms with Crippen molar-refractivity contribution in [2.24, 2.45) is 0 Å². The molecule has 2 heterocycles. The third-order valence-electron chi connectivity index (χ3n) is 2.93. The first-order valence-electron chi connectivity index (χ1n) is 5.72. The lowest BCUT2D eigenvalue weighted by molar-refractivity contribution is -0.00280. The first kappa shape index (κ1) is 12.3. The zero-order chi connectivity index (χ0) is 12.3. The van der Waals surface area contributed by atoms with Crippen LogP contribution >= 0.6 is 11.6 Å². The van der Waals surface area contributed by atoms with Crippen LogP contribution in [0.25, 0.3) is 0 Å². The lowest BCUT2D eigenvalue weighted by Gasteiger charge is -2.35. The average molecular weight is 255 g/mol. The van der Waals surface area contributed by atoms with Gasteiger partial charge in [0.15, 0.2) is 0 Å². The van der Waals surface area contributed by atoms with Crippen LogP contribution in [-0.2, 0) is 4.74 Å². The van der Waals surface area contributed by atoms with E-state index >= 15 is 0 Å². The minimum absolute atomic E-state index is 0.00412. The first-order chi connectivity index (χ1) is 8.22. The summed E-state index contributed by atoms with van der Waals surface area (Å²) in [6, 6.07) is 3.45. The highest BCUT2D eigenvalue weighted by atomic mass is 35.5. The van der Waals surface area contributed by atoms with E-state index in [9.17, 15) is 4.79 Å². The lowest BCUT2D eigenvalue weighted by Crippen LogP contribution is -2.48. The van der Waals surface area contributed by atoms with Crippen LogP contribution in [0.3, 0.4) is 0 Å². The van der Waals surface area contributed by atoms with Crippen LogP contribution in [-0.4, -0.2) is 41.6 Å². The molecule has 1 amide bonds. The number of halogens is 1. The van der Waals surface area contributed by atoms with E-state index in [-0.39, 0.29) is 11.9 Å². The molecule has 0 radical (unpaired) electrons. The van der Waals surface area contributed by atoms with Gasteiger partial charge in [0.2, 0.25) is 0 Å². The van der Waals surface area contributed by atoms with Crippen LogP contribution in [0.2, 0.25) is 5.15 Å². The average Bonchev–Trinajstić information content (AvgIpc) is 2.38. The Labute approximate surface area is 106 Å². The molecule has 1 aliphatic rings. The van der Waals surface area contributed by atoms with Crippen LogP contribution < -0.4 is 0 Å². The summed E-state index contributed by atoms with van der Waals surface area (Å²) in [4.78, 5) is 18.0. The van der Waals surface area contributed by atoms with E-state index in [1.165, 1.54) is 0 Å². The standard InChI is InChI=1S/C12H15ClN2O2/c1-2-10-8-17-6-5-15(10)12(16)9-3-4-14-11(13)7-9/h3-4,7,10H,2,5-6,8H2,1H3. The number of pyridine rings is 1. The Bertz CT molecular complexity index is 411. The minimum Gasteiger partial charge on any atom is -0.377 e. The number of carbonyl (C=O) groups is 1. The van der Waals surface area contributed by atoms with E-state index < -0.39 is 0 Å². The molecule has 1 fully saturated rings.